The first-order valence-electron chi connectivity index (χ1n) is 16.6. The first-order valence-corrected chi connectivity index (χ1v) is 17.0. The first kappa shape index (κ1) is 32.1. The zero-order chi connectivity index (χ0) is 31.5. The molecule has 0 unspecified atom stereocenters. The molecule has 0 radical (unpaired) electrons. The van der Waals surface area contributed by atoms with Gasteiger partial charge in [-0.3, -0.25) is 0 Å². The van der Waals surface area contributed by atoms with Gasteiger partial charge in [-0.05, 0) is 103 Å². The monoisotopic (exact) mass is 626 g/mol. The second kappa shape index (κ2) is 12.0. The molecule has 3 aliphatic rings. The van der Waals surface area contributed by atoms with Crippen LogP contribution in [0.4, 0.5) is 11.4 Å². The van der Waals surface area contributed by atoms with Crippen molar-refractivity contribution in [3.8, 4) is 0 Å². The van der Waals surface area contributed by atoms with Crippen LogP contribution < -0.4 is 4.90 Å². The van der Waals surface area contributed by atoms with Crippen LogP contribution in [0.3, 0.4) is 0 Å². The lowest BCUT2D eigenvalue weighted by atomic mass is 9.78. The Kier molecular flexibility index (Phi) is 8.40. The van der Waals surface area contributed by atoms with Gasteiger partial charge in [-0.25, -0.2) is 0 Å². The van der Waals surface area contributed by atoms with E-state index in [1.54, 1.807) is 0 Å². The number of nitrogens with zero attached hydrogens (tertiary/aromatic N) is 2. The number of hydrogen-bond donors (Lipinski definition) is 0. The molecule has 2 aliphatic heterocycles. The number of rotatable bonds is 5. The fourth-order valence-corrected chi connectivity index (χ4v) is 8.63. The Labute approximate surface area is 281 Å². The second-order valence-electron chi connectivity index (χ2n) is 13.8. The van der Waals surface area contributed by atoms with Gasteiger partial charge in [-0.1, -0.05) is 92.2 Å². The molecule has 0 fully saturated rings. The van der Waals surface area contributed by atoms with Gasteiger partial charge in [0.1, 0.15) is 6.54 Å². The fraction of sp³-hybridized carbons (Fsp3) is 0.302. The fourth-order valence-electron chi connectivity index (χ4n) is 8.32. The van der Waals surface area contributed by atoms with Gasteiger partial charge in [0, 0.05) is 46.1 Å². The molecule has 7 rings (SSSR count). The maximum atomic E-state index is 7.23. The van der Waals surface area contributed by atoms with Gasteiger partial charge in [0.25, 0.3) is 0 Å². The molecule has 236 valence electrons. The molecule has 0 spiro atoms. The van der Waals surface area contributed by atoms with Crippen LogP contribution >= 0.6 is 11.6 Å². The van der Waals surface area contributed by atoms with E-state index >= 15 is 0 Å². The van der Waals surface area contributed by atoms with Gasteiger partial charge in [0.2, 0.25) is 5.69 Å². The van der Waals surface area contributed by atoms with Crippen LogP contribution in [0.2, 0.25) is 0 Å². The van der Waals surface area contributed by atoms with Crippen molar-refractivity contribution in [3.05, 3.63) is 138 Å². The lowest BCUT2D eigenvalue weighted by Crippen LogP contribution is -2.27. The summed E-state index contributed by atoms with van der Waals surface area (Å²) in [6.45, 7) is 15.8. The normalized spacial score (nSPS) is 20.4. The van der Waals surface area contributed by atoms with Crippen LogP contribution in [-0.4, -0.2) is 23.4 Å². The van der Waals surface area contributed by atoms with Crippen molar-refractivity contribution < 1.29 is 4.58 Å². The molecule has 46 heavy (non-hydrogen) atoms. The molecule has 3 heteroatoms. The van der Waals surface area contributed by atoms with Crippen LogP contribution in [0, 0.1) is 7.43 Å². The second-order valence-corrected chi connectivity index (χ2v) is 14.1. The summed E-state index contributed by atoms with van der Waals surface area (Å²) in [5, 5.41) is 6.22. The third kappa shape index (κ3) is 4.88. The first-order chi connectivity index (χ1) is 21.7. The molecule has 0 aromatic heterocycles. The molecular formula is C43H47ClN2. The van der Waals surface area contributed by atoms with Crippen molar-refractivity contribution >= 4 is 50.2 Å². The Morgan fingerprint density at radius 2 is 1.41 bits per heavy atom. The van der Waals surface area contributed by atoms with Gasteiger partial charge in [-0.2, -0.15) is 4.58 Å². The van der Waals surface area contributed by atoms with Crippen LogP contribution in [0.15, 0.2) is 119 Å². The van der Waals surface area contributed by atoms with Crippen molar-refractivity contribution in [3.63, 3.8) is 0 Å². The lowest BCUT2D eigenvalue weighted by molar-refractivity contribution is -0.433. The lowest BCUT2D eigenvalue weighted by Gasteiger charge is -2.26. The minimum absolute atomic E-state index is 0. The quantitative estimate of drug-likeness (QED) is 0.158. The van der Waals surface area contributed by atoms with Gasteiger partial charge in [0.15, 0.2) is 5.71 Å². The topological polar surface area (TPSA) is 6.25 Å². The number of hydrogen-bond acceptors (Lipinski definition) is 1. The van der Waals surface area contributed by atoms with Crippen LogP contribution in [0.5, 0.6) is 0 Å². The van der Waals surface area contributed by atoms with E-state index in [9.17, 15) is 0 Å². The molecule has 0 amide bonds. The molecule has 2 nitrogen and oxygen atoms in total. The molecule has 0 atom stereocenters. The summed E-state index contributed by atoms with van der Waals surface area (Å²) < 4.78 is 2.49. The summed E-state index contributed by atoms with van der Waals surface area (Å²) >= 11 is 7.23. The summed E-state index contributed by atoms with van der Waals surface area (Å²) in [4.78, 5) is 2.49. The molecule has 0 saturated heterocycles. The molecule has 1 aliphatic carbocycles. The van der Waals surface area contributed by atoms with Gasteiger partial charge >= 0.3 is 0 Å². The Hall–Kier alpha value is -3.88. The Morgan fingerprint density at radius 1 is 0.761 bits per heavy atom. The zero-order valence-electron chi connectivity index (χ0n) is 28.5. The van der Waals surface area contributed by atoms with E-state index in [-0.39, 0.29) is 18.3 Å². The number of anilines is 1. The zero-order valence-corrected chi connectivity index (χ0v) is 29.3. The van der Waals surface area contributed by atoms with Crippen molar-refractivity contribution in [2.24, 2.45) is 0 Å². The molecule has 0 bridgehead atoms. The van der Waals surface area contributed by atoms with E-state index in [4.69, 9.17) is 11.6 Å². The van der Waals surface area contributed by atoms with Gasteiger partial charge in [0.05, 0.1) is 5.41 Å². The summed E-state index contributed by atoms with van der Waals surface area (Å²) in [5.74, 6) is 0. The average molecular weight is 627 g/mol. The van der Waals surface area contributed by atoms with Crippen molar-refractivity contribution in [2.75, 3.05) is 18.0 Å². The number of likely N-dealkylation sites (N-methyl/N-ethyl adjacent to an activating group) is 1. The summed E-state index contributed by atoms with van der Waals surface area (Å²) in [6, 6.07) is 26.7. The molecule has 4 aromatic carbocycles. The summed E-state index contributed by atoms with van der Waals surface area (Å²) in [6.07, 6.45) is 12.4. The SMILES string of the molecule is CCN1/C(=C/C=C2\CCCC(/C=C/C3=[N+](CC)c4ccc5ccccc5c4C3(C)C)=C2Cl)C(C)(C)c2c1ccc1ccccc21.[CH3-]. The summed E-state index contributed by atoms with van der Waals surface area (Å²) in [5.41, 5.74) is 10.4. The maximum absolute atomic E-state index is 7.23. The average Bonchev–Trinajstić information content (AvgIpc) is 3.41. The molecular weight excluding hydrogens is 580 g/mol. The predicted molar refractivity (Wildman–Crippen MR) is 201 cm³/mol. The Balaban J connectivity index is 0.00000372. The highest BCUT2D eigenvalue weighted by Crippen LogP contribution is 2.51. The molecule has 4 aromatic rings. The number of benzene rings is 4. The maximum Gasteiger partial charge on any atom is 0.210 e. The Morgan fingerprint density at radius 3 is 2.09 bits per heavy atom. The number of fused-ring (bicyclic) bond motifs is 6. The summed E-state index contributed by atoms with van der Waals surface area (Å²) in [7, 11) is 0. The molecule has 0 N–H and O–H groups in total. The molecule has 0 saturated carbocycles. The van der Waals surface area contributed by atoms with Crippen molar-refractivity contribution in [2.45, 2.75) is 71.6 Å². The minimum atomic E-state index is -0.107. The Bertz CT molecular complexity index is 2010. The van der Waals surface area contributed by atoms with E-state index in [0.29, 0.717) is 0 Å². The number of halogens is 1. The van der Waals surface area contributed by atoms with E-state index in [1.807, 2.05) is 0 Å². The third-order valence-corrected chi connectivity index (χ3v) is 11.0. The van der Waals surface area contributed by atoms with Crippen LogP contribution in [0.25, 0.3) is 21.5 Å². The van der Waals surface area contributed by atoms with Crippen LogP contribution in [-0.2, 0) is 10.8 Å². The molecule has 2 heterocycles. The van der Waals surface area contributed by atoms with Gasteiger partial charge < -0.3 is 12.3 Å². The smallest absolute Gasteiger partial charge is 0.210 e. The highest BCUT2D eigenvalue weighted by molar-refractivity contribution is 6.32. The highest BCUT2D eigenvalue weighted by Gasteiger charge is 2.45. The predicted octanol–water partition coefficient (Wildman–Crippen LogP) is 11.7. The number of allylic oxidation sites excluding steroid dienone is 8. The van der Waals surface area contributed by atoms with E-state index in [2.05, 4.69) is 148 Å². The largest absolute Gasteiger partial charge is 0.358 e. The van der Waals surface area contributed by atoms with Crippen molar-refractivity contribution in [1.82, 2.24) is 0 Å². The van der Waals surface area contributed by atoms with E-state index in [1.165, 1.54) is 66.6 Å². The minimum Gasteiger partial charge on any atom is -0.358 e. The standard InChI is InChI=1S/C42H44ClN2.CH3/c1-7-44-34-24-20-28-14-9-11-18-32(28)38(34)41(3,4)36(44)26-22-30-16-13-17-31(40(30)43)23-27-37-42(5,6)39-33-19-12-10-15-29(33)21-25-35(39)45(37)8-2;/h9-12,14-15,18-27H,7-8,13,16-17H2,1-6H3;1H3/q+1;-1. The van der Waals surface area contributed by atoms with Crippen molar-refractivity contribution in [1.29, 1.82) is 0 Å². The third-order valence-electron chi connectivity index (χ3n) is 10.5. The van der Waals surface area contributed by atoms with E-state index in [0.717, 1.165) is 37.4 Å². The highest BCUT2D eigenvalue weighted by atomic mass is 35.5. The van der Waals surface area contributed by atoms with Crippen LogP contribution in [0.1, 0.15) is 71.9 Å². The van der Waals surface area contributed by atoms with E-state index < -0.39 is 0 Å². The van der Waals surface area contributed by atoms with Gasteiger partial charge in [-0.15, -0.1) is 0 Å².